The fraction of sp³-hybridized carbons (Fsp3) is 0.559. The Morgan fingerprint density at radius 3 is 1.80 bits per heavy atom. The zero-order valence-electron chi connectivity index (χ0n) is 28.1. The summed E-state index contributed by atoms with van der Waals surface area (Å²) >= 11 is 0. The van der Waals surface area contributed by atoms with E-state index in [1.165, 1.54) is 17.7 Å². The van der Waals surface area contributed by atoms with E-state index in [-0.39, 0.29) is 5.91 Å². The molecule has 0 aliphatic carbocycles. The van der Waals surface area contributed by atoms with Gasteiger partial charge in [-0.05, 0) is 81.3 Å². The molecule has 2 fully saturated rings. The molecule has 2 saturated heterocycles. The van der Waals surface area contributed by atoms with E-state index in [2.05, 4.69) is 78.8 Å². The number of para-hydroxylation sites is 1. The summed E-state index contributed by atoms with van der Waals surface area (Å²) in [6, 6.07) is 16.6. The van der Waals surface area contributed by atoms with Crippen molar-refractivity contribution in [1.29, 1.82) is 0 Å². The first-order valence-electron chi connectivity index (χ1n) is 16.0. The van der Waals surface area contributed by atoms with Gasteiger partial charge in [-0.3, -0.25) is 9.69 Å². The number of halogens is 6. The third kappa shape index (κ3) is 13.1. The van der Waals surface area contributed by atoms with Gasteiger partial charge in [0.2, 0.25) is 0 Å². The van der Waals surface area contributed by atoms with Crippen LogP contribution in [-0.4, -0.2) is 96.1 Å². The molecule has 0 unspecified atom stereocenters. The van der Waals surface area contributed by atoms with E-state index in [1.807, 2.05) is 12.1 Å². The smallest absolute Gasteiger partial charge is 0.490 e. The summed E-state index contributed by atoms with van der Waals surface area (Å²) in [5, 5.41) is 14.2. The molecule has 1 spiro atoms. The third-order valence-electron chi connectivity index (χ3n) is 8.30. The minimum Gasteiger partial charge on any atom is -0.493 e. The minimum absolute atomic E-state index is 0.178. The summed E-state index contributed by atoms with van der Waals surface area (Å²) in [6.45, 7) is 16.3. The van der Waals surface area contributed by atoms with Crippen LogP contribution in [0.2, 0.25) is 0 Å². The molecule has 2 heterocycles. The Hall–Kier alpha value is -4.01. The predicted octanol–water partition coefficient (Wildman–Crippen LogP) is 6.96. The van der Waals surface area contributed by atoms with E-state index in [0.717, 1.165) is 76.6 Å². The number of aliphatic carboxylic acids is 2. The maximum atomic E-state index is 13.2. The number of rotatable bonds is 9. The van der Waals surface area contributed by atoms with Crippen LogP contribution >= 0.6 is 0 Å². The lowest BCUT2D eigenvalue weighted by molar-refractivity contribution is -0.193. The van der Waals surface area contributed by atoms with Gasteiger partial charge >= 0.3 is 24.3 Å². The van der Waals surface area contributed by atoms with Gasteiger partial charge in [-0.1, -0.05) is 32.0 Å². The van der Waals surface area contributed by atoms with Crippen LogP contribution in [0.3, 0.4) is 0 Å². The molecule has 0 radical (unpaired) electrons. The quantitative estimate of drug-likeness (QED) is 0.270. The fourth-order valence-electron chi connectivity index (χ4n) is 5.61. The molecule has 2 aromatic carbocycles. The van der Waals surface area contributed by atoms with Crippen LogP contribution in [0.5, 0.6) is 5.75 Å². The van der Waals surface area contributed by atoms with Crippen molar-refractivity contribution in [3.63, 3.8) is 0 Å². The van der Waals surface area contributed by atoms with Gasteiger partial charge in [0.25, 0.3) is 5.91 Å². The van der Waals surface area contributed by atoms with Gasteiger partial charge in [0.15, 0.2) is 0 Å². The Bertz CT molecular complexity index is 1330. The van der Waals surface area contributed by atoms with E-state index in [1.54, 1.807) is 0 Å². The highest BCUT2D eigenvalue weighted by Gasteiger charge is 2.42. The molecule has 2 aromatic rings. The third-order valence-corrected chi connectivity index (χ3v) is 8.30. The molecular formula is C34H45F6N3O6. The highest BCUT2D eigenvalue weighted by molar-refractivity contribution is 5.94. The average Bonchev–Trinajstić information content (AvgIpc) is 3.42. The number of carboxylic acid groups (broad SMARTS) is 2. The van der Waals surface area contributed by atoms with Crippen molar-refractivity contribution in [1.82, 2.24) is 9.80 Å². The molecule has 9 nitrogen and oxygen atoms in total. The van der Waals surface area contributed by atoms with Crippen LogP contribution in [0.4, 0.5) is 32.0 Å². The summed E-state index contributed by atoms with van der Waals surface area (Å²) in [5.41, 5.74) is 3.62. The second-order valence-electron chi connectivity index (χ2n) is 12.4. The van der Waals surface area contributed by atoms with Crippen LogP contribution < -0.4 is 9.64 Å². The van der Waals surface area contributed by atoms with Crippen molar-refractivity contribution in [2.45, 2.75) is 65.9 Å². The summed E-state index contributed by atoms with van der Waals surface area (Å²) in [5.74, 6) is -3.79. The number of benzene rings is 2. The number of hydrogen-bond acceptors (Lipinski definition) is 6. The minimum atomic E-state index is -5.08. The standard InChI is InChI=1S/C30H43N3O2.2C2HF3O2/c1-5-32(6-2)27-13-11-25(12-14-27)29(34)33-19-16-30(17-20-33)15-18-31(23-30)21-26-9-7-8-10-28(26)35-22-24(3)4;2*3-2(4,5)1(6)7/h7-14,24H,5-6,15-23H2,1-4H3;2*(H,6,7). The summed E-state index contributed by atoms with van der Waals surface area (Å²) in [7, 11) is 0. The molecule has 2 aliphatic rings. The van der Waals surface area contributed by atoms with Crippen molar-refractivity contribution >= 4 is 23.5 Å². The average molecular weight is 706 g/mol. The number of ether oxygens (including phenoxy) is 1. The molecule has 0 saturated carbocycles. The van der Waals surface area contributed by atoms with Crippen molar-refractivity contribution in [2.24, 2.45) is 11.3 Å². The first-order chi connectivity index (χ1) is 22.8. The number of anilines is 1. The predicted molar refractivity (Wildman–Crippen MR) is 172 cm³/mol. The van der Waals surface area contributed by atoms with Crippen LogP contribution in [0.15, 0.2) is 48.5 Å². The monoisotopic (exact) mass is 705 g/mol. The first-order valence-corrected chi connectivity index (χ1v) is 16.0. The number of alkyl halides is 6. The van der Waals surface area contributed by atoms with Crippen molar-refractivity contribution in [3.8, 4) is 5.75 Å². The Kier molecular flexibility index (Phi) is 15.2. The molecule has 4 rings (SSSR count). The summed E-state index contributed by atoms with van der Waals surface area (Å²) < 4.78 is 69.6. The molecule has 0 atom stereocenters. The zero-order chi connectivity index (χ0) is 37.0. The highest BCUT2D eigenvalue weighted by Crippen LogP contribution is 2.41. The van der Waals surface area contributed by atoms with E-state index < -0.39 is 24.3 Å². The number of piperidine rings is 1. The summed E-state index contributed by atoms with van der Waals surface area (Å²) in [4.78, 5) is 37.9. The maximum absolute atomic E-state index is 13.2. The Balaban J connectivity index is 0.000000500. The van der Waals surface area contributed by atoms with Crippen molar-refractivity contribution in [2.75, 3.05) is 50.8 Å². The highest BCUT2D eigenvalue weighted by atomic mass is 19.4. The van der Waals surface area contributed by atoms with Crippen molar-refractivity contribution < 1.29 is 55.7 Å². The van der Waals surface area contributed by atoms with Gasteiger partial charge in [-0.15, -0.1) is 0 Å². The zero-order valence-corrected chi connectivity index (χ0v) is 28.1. The van der Waals surface area contributed by atoms with Gasteiger partial charge in [-0.2, -0.15) is 26.3 Å². The number of likely N-dealkylation sites (tertiary alicyclic amines) is 2. The van der Waals surface area contributed by atoms with Gasteiger partial charge in [-0.25, -0.2) is 9.59 Å². The molecule has 49 heavy (non-hydrogen) atoms. The van der Waals surface area contributed by atoms with E-state index in [9.17, 15) is 31.1 Å². The maximum Gasteiger partial charge on any atom is 0.490 e. The molecule has 0 aromatic heterocycles. The van der Waals surface area contributed by atoms with Crippen LogP contribution in [-0.2, 0) is 16.1 Å². The first kappa shape index (κ1) is 41.2. The largest absolute Gasteiger partial charge is 0.493 e. The Morgan fingerprint density at radius 2 is 1.33 bits per heavy atom. The van der Waals surface area contributed by atoms with Crippen molar-refractivity contribution in [3.05, 3.63) is 59.7 Å². The van der Waals surface area contributed by atoms with Crippen LogP contribution in [0, 0.1) is 11.3 Å². The number of hydrogen-bond donors (Lipinski definition) is 2. The van der Waals surface area contributed by atoms with Gasteiger partial charge in [0.05, 0.1) is 6.61 Å². The SMILES string of the molecule is CCN(CC)c1ccc(C(=O)N2CCC3(CCN(Cc4ccccc4OCC(C)C)C3)CC2)cc1.O=C(O)C(F)(F)F.O=C(O)C(F)(F)F. The molecule has 15 heteroatoms. The lowest BCUT2D eigenvalue weighted by atomic mass is 9.77. The number of nitrogens with zero attached hydrogens (tertiary/aromatic N) is 3. The second-order valence-corrected chi connectivity index (χ2v) is 12.4. The molecule has 274 valence electrons. The lowest BCUT2D eigenvalue weighted by Gasteiger charge is -2.39. The Morgan fingerprint density at radius 1 is 0.837 bits per heavy atom. The van der Waals surface area contributed by atoms with Gasteiger partial charge in [0.1, 0.15) is 5.75 Å². The molecule has 0 bridgehead atoms. The van der Waals surface area contributed by atoms with E-state index in [4.69, 9.17) is 24.5 Å². The van der Waals surface area contributed by atoms with Crippen LogP contribution in [0.1, 0.15) is 62.9 Å². The summed E-state index contributed by atoms with van der Waals surface area (Å²) in [6.07, 6.45) is -6.75. The molecule has 2 aliphatic heterocycles. The van der Waals surface area contributed by atoms with E-state index >= 15 is 0 Å². The molecule has 1 amide bonds. The number of carboxylic acids is 2. The van der Waals surface area contributed by atoms with Crippen LogP contribution in [0.25, 0.3) is 0 Å². The number of amides is 1. The number of carbonyl (C=O) groups is 3. The molecule has 2 N–H and O–H groups in total. The molecular weight excluding hydrogens is 660 g/mol. The topological polar surface area (TPSA) is 111 Å². The number of carbonyl (C=O) groups excluding carboxylic acids is 1. The fourth-order valence-corrected chi connectivity index (χ4v) is 5.61. The van der Waals surface area contributed by atoms with E-state index in [0.29, 0.717) is 11.3 Å². The van der Waals surface area contributed by atoms with Gasteiger partial charge in [0, 0.05) is 56.1 Å². The van der Waals surface area contributed by atoms with Gasteiger partial charge < -0.3 is 24.7 Å². The second kappa shape index (κ2) is 18.1. The normalized spacial score (nSPS) is 15.9. The Labute approximate surface area is 282 Å². The lowest BCUT2D eigenvalue weighted by Crippen LogP contribution is -2.44.